The van der Waals surface area contributed by atoms with Crippen molar-refractivity contribution in [3.8, 4) is 22.8 Å². The summed E-state index contributed by atoms with van der Waals surface area (Å²) in [6.45, 7) is 2.05. The predicted octanol–water partition coefficient (Wildman–Crippen LogP) is 4.73. The van der Waals surface area contributed by atoms with Crippen LogP contribution in [0.5, 0.6) is 11.5 Å². The quantitative estimate of drug-likeness (QED) is 0.448. The van der Waals surface area contributed by atoms with Crippen molar-refractivity contribution >= 4 is 21.6 Å². The largest absolute Gasteiger partial charge is 0.496 e. The molecule has 4 rings (SSSR count). The minimum absolute atomic E-state index is 0.572. The van der Waals surface area contributed by atoms with Gasteiger partial charge in [0.2, 0.25) is 0 Å². The summed E-state index contributed by atoms with van der Waals surface area (Å²) in [6.07, 6.45) is 0. The molecule has 6 heteroatoms. The molecule has 2 aromatic carbocycles. The zero-order chi connectivity index (χ0) is 18.5. The molecule has 0 bridgehead atoms. The van der Waals surface area contributed by atoms with Gasteiger partial charge in [-0.1, -0.05) is 35.5 Å². The Balaban J connectivity index is 1.32. The molecule has 0 aliphatic heterocycles. The van der Waals surface area contributed by atoms with Gasteiger partial charge in [-0.2, -0.15) is 0 Å². The van der Waals surface area contributed by atoms with Crippen molar-refractivity contribution in [2.45, 2.75) is 6.54 Å². The normalized spacial score (nSPS) is 11.0. The molecule has 5 nitrogen and oxygen atoms in total. The lowest BCUT2D eigenvalue weighted by atomic mass is 10.1. The van der Waals surface area contributed by atoms with Gasteiger partial charge in [0.15, 0.2) is 10.6 Å². The molecule has 2 aromatic heterocycles. The number of fused-ring (bicyclic) bond motifs is 1. The van der Waals surface area contributed by atoms with Crippen LogP contribution in [0.25, 0.3) is 21.5 Å². The van der Waals surface area contributed by atoms with E-state index in [2.05, 4.69) is 16.5 Å². The van der Waals surface area contributed by atoms with Crippen LogP contribution in [0.3, 0.4) is 0 Å². The Labute approximate surface area is 161 Å². The summed E-state index contributed by atoms with van der Waals surface area (Å²) in [5, 5.41) is 10.5. The third-order valence-corrected chi connectivity index (χ3v) is 5.05. The minimum Gasteiger partial charge on any atom is -0.496 e. The number of benzene rings is 2. The SMILES string of the molecule is COc1ccccc1CNCCOc1cccc(-c2onc3sccc23)c1. The van der Waals surface area contributed by atoms with Crippen molar-refractivity contribution in [1.82, 2.24) is 10.5 Å². The van der Waals surface area contributed by atoms with Crippen LogP contribution in [0.15, 0.2) is 64.5 Å². The number of ether oxygens (including phenoxy) is 2. The number of hydrogen-bond acceptors (Lipinski definition) is 6. The highest BCUT2D eigenvalue weighted by atomic mass is 32.1. The molecular weight excluding hydrogens is 360 g/mol. The Morgan fingerprint density at radius 1 is 1.11 bits per heavy atom. The van der Waals surface area contributed by atoms with Crippen LogP contribution in [0, 0.1) is 0 Å². The molecule has 1 N–H and O–H groups in total. The molecule has 0 atom stereocenters. The maximum absolute atomic E-state index is 5.88. The van der Waals surface area contributed by atoms with Crippen LogP contribution in [0.4, 0.5) is 0 Å². The van der Waals surface area contributed by atoms with E-state index in [4.69, 9.17) is 14.0 Å². The molecule has 0 aliphatic rings. The summed E-state index contributed by atoms with van der Waals surface area (Å²) in [7, 11) is 1.69. The fourth-order valence-electron chi connectivity index (χ4n) is 2.93. The third-order valence-electron chi connectivity index (χ3n) is 4.26. The summed E-state index contributed by atoms with van der Waals surface area (Å²) in [4.78, 5) is 0.914. The van der Waals surface area contributed by atoms with Crippen molar-refractivity contribution in [2.75, 3.05) is 20.3 Å². The molecule has 138 valence electrons. The number of nitrogens with one attached hydrogen (secondary N) is 1. The Hall–Kier alpha value is -2.83. The van der Waals surface area contributed by atoms with Crippen LogP contribution < -0.4 is 14.8 Å². The van der Waals surface area contributed by atoms with E-state index in [0.29, 0.717) is 6.61 Å². The molecule has 0 amide bonds. The van der Waals surface area contributed by atoms with Crippen molar-refractivity contribution < 1.29 is 14.0 Å². The highest BCUT2D eigenvalue weighted by molar-refractivity contribution is 7.16. The number of thiophene rings is 1. The second-order valence-electron chi connectivity index (χ2n) is 6.02. The molecule has 4 aromatic rings. The molecule has 0 fully saturated rings. The average molecular weight is 380 g/mol. The molecule has 0 unspecified atom stereocenters. The standard InChI is InChI=1S/C21H20N2O3S/c1-24-19-8-3-2-5-16(19)14-22-10-11-25-17-7-4-6-15(13-17)20-18-9-12-27-21(18)23-26-20/h2-9,12-13,22H,10-11,14H2,1H3. The zero-order valence-corrected chi connectivity index (χ0v) is 15.8. The van der Waals surface area contributed by atoms with Gasteiger partial charge in [0.25, 0.3) is 0 Å². The van der Waals surface area contributed by atoms with Gasteiger partial charge in [-0.05, 0) is 29.6 Å². The number of nitrogens with zero attached hydrogens (tertiary/aromatic N) is 1. The third kappa shape index (κ3) is 3.97. The molecule has 0 aliphatic carbocycles. The maximum atomic E-state index is 5.88. The van der Waals surface area contributed by atoms with Crippen molar-refractivity contribution in [3.05, 3.63) is 65.5 Å². The van der Waals surface area contributed by atoms with E-state index in [1.54, 1.807) is 18.4 Å². The predicted molar refractivity (Wildman–Crippen MR) is 108 cm³/mol. The number of rotatable bonds is 8. The van der Waals surface area contributed by atoms with E-state index in [-0.39, 0.29) is 0 Å². The summed E-state index contributed by atoms with van der Waals surface area (Å²) in [5.74, 6) is 2.49. The van der Waals surface area contributed by atoms with E-state index in [1.165, 1.54) is 0 Å². The fourth-order valence-corrected chi connectivity index (χ4v) is 3.63. The Morgan fingerprint density at radius 3 is 2.96 bits per heavy atom. The number of methoxy groups -OCH3 is 1. The highest BCUT2D eigenvalue weighted by Crippen LogP contribution is 2.33. The van der Waals surface area contributed by atoms with E-state index in [0.717, 1.165) is 51.7 Å². The number of hydrogen-bond donors (Lipinski definition) is 1. The second-order valence-corrected chi connectivity index (χ2v) is 6.91. The molecule has 2 heterocycles. The van der Waals surface area contributed by atoms with Crippen molar-refractivity contribution in [2.24, 2.45) is 0 Å². The summed E-state index contributed by atoms with van der Waals surface area (Å²) in [6, 6.07) is 17.9. The second kappa shape index (κ2) is 8.24. The fraction of sp³-hybridized carbons (Fsp3) is 0.190. The van der Waals surface area contributed by atoms with Crippen molar-refractivity contribution in [1.29, 1.82) is 0 Å². The zero-order valence-electron chi connectivity index (χ0n) is 15.0. The maximum Gasteiger partial charge on any atom is 0.175 e. The Kier molecular flexibility index (Phi) is 5.37. The summed E-state index contributed by atoms with van der Waals surface area (Å²) >= 11 is 1.57. The van der Waals surface area contributed by atoms with Crippen LogP contribution in [0.2, 0.25) is 0 Å². The molecule has 0 spiro atoms. The van der Waals surface area contributed by atoms with Gasteiger partial charge in [0, 0.05) is 24.2 Å². The minimum atomic E-state index is 0.572. The smallest absolute Gasteiger partial charge is 0.175 e. The van der Waals surface area contributed by atoms with Gasteiger partial charge in [0.05, 0.1) is 12.5 Å². The Morgan fingerprint density at radius 2 is 2.04 bits per heavy atom. The first kappa shape index (κ1) is 17.6. The van der Waals surface area contributed by atoms with Gasteiger partial charge < -0.3 is 19.3 Å². The van der Waals surface area contributed by atoms with Gasteiger partial charge >= 0.3 is 0 Å². The number of para-hydroxylation sites is 1. The van der Waals surface area contributed by atoms with Gasteiger partial charge in [-0.15, -0.1) is 11.3 Å². The number of aromatic nitrogens is 1. The van der Waals surface area contributed by atoms with Crippen LogP contribution >= 0.6 is 11.3 Å². The average Bonchev–Trinajstić information content (AvgIpc) is 3.32. The first-order valence-corrected chi connectivity index (χ1v) is 9.62. The molecule has 0 saturated carbocycles. The molecule has 27 heavy (non-hydrogen) atoms. The van der Waals surface area contributed by atoms with E-state index in [1.807, 2.05) is 53.9 Å². The van der Waals surface area contributed by atoms with Gasteiger partial charge in [-0.25, -0.2) is 0 Å². The topological polar surface area (TPSA) is 56.5 Å². The molecular formula is C21H20N2O3S. The van der Waals surface area contributed by atoms with Gasteiger partial charge in [0.1, 0.15) is 18.1 Å². The molecule has 0 saturated heterocycles. The van der Waals surface area contributed by atoms with Crippen LogP contribution in [0.1, 0.15) is 5.56 Å². The first-order valence-electron chi connectivity index (χ1n) is 8.74. The highest BCUT2D eigenvalue weighted by Gasteiger charge is 2.12. The molecule has 0 radical (unpaired) electrons. The Bertz CT molecular complexity index is 1020. The first-order chi connectivity index (χ1) is 13.3. The van der Waals surface area contributed by atoms with Gasteiger partial charge in [-0.3, -0.25) is 0 Å². The van der Waals surface area contributed by atoms with E-state index >= 15 is 0 Å². The van der Waals surface area contributed by atoms with E-state index < -0.39 is 0 Å². The van der Waals surface area contributed by atoms with Crippen LogP contribution in [-0.2, 0) is 6.54 Å². The lowest BCUT2D eigenvalue weighted by Crippen LogP contribution is -2.20. The lowest BCUT2D eigenvalue weighted by molar-refractivity contribution is 0.313. The van der Waals surface area contributed by atoms with E-state index in [9.17, 15) is 0 Å². The summed E-state index contributed by atoms with van der Waals surface area (Å²) < 4.78 is 16.7. The summed E-state index contributed by atoms with van der Waals surface area (Å²) in [5.41, 5.74) is 2.10. The lowest BCUT2D eigenvalue weighted by Gasteiger charge is -2.10. The van der Waals surface area contributed by atoms with Crippen LogP contribution in [-0.4, -0.2) is 25.4 Å². The van der Waals surface area contributed by atoms with Crippen molar-refractivity contribution in [3.63, 3.8) is 0 Å². The monoisotopic (exact) mass is 380 g/mol.